The fourth-order valence-corrected chi connectivity index (χ4v) is 4.08. The summed E-state index contributed by atoms with van der Waals surface area (Å²) in [5.74, 6) is -1.14. The number of nitrogens with zero attached hydrogens (tertiary/aromatic N) is 1. The molecule has 0 saturated heterocycles. The molecule has 1 N–H and O–H groups in total. The highest BCUT2D eigenvalue weighted by molar-refractivity contribution is 9.10. The molecule has 2 aromatic rings. The molecule has 0 aliphatic carbocycles. The van der Waals surface area contributed by atoms with Crippen molar-refractivity contribution in [2.75, 3.05) is 29.0 Å². The average molecular weight is 490 g/mol. The summed E-state index contributed by atoms with van der Waals surface area (Å²) in [6.07, 6.45) is 1.02. The van der Waals surface area contributed by atoms with E-state index < -0.39 is 28.4 Å². The normalized spacial score (nSPS) is 11.0. The van der Waals surface area contributed by atoms with E-state index in [0.29, 0.717) is 15.8 Å². The Labute approximate surface area is 176 Å². The topological polar surface area (TPSA) is 92.8 Å². The van der Waals surface area contributed by atoms with Crippen molar-refractivity contribution in [2.24, 2.45) is 0 Å². The minimum atomic E-state index is -3.71. The number of halogens is 2. The van der Waals surface area contributed by atoms with Gasteiger partial charge in [-0.3, -0.25) is 9.10 Å². The number of carbonyl (C=O) groups is 2. The van der Waals surface area contributed by atoms with Gasteiger partial charge in [-0.05, 0) is 53.2 Å². The van der Waals surface area contributed by atoms with E-state index in [1.54, 1.807) is 31.2 Å². The van der Waals surface area contributed by atoms with Crippen LogP contribution in [0.15, 0.2) is 46.9 Å². The largest absolute Gasteiger partial charge is 0.462 e. The van der Waals surface area contributed by atoms with Crippen molar-refractivity contribution in [1.82, 2.24) is 0 Å². The first-order valence-corrected chi connectivity index (χ1v) is 11.1. The van der Waals surface area contributed by atoms with Crippen LogP contribution in [0.3, 0.4) is 0 Å². The number of anilines is 2. The number of nitrogens with one attached hydrogen (secondary N) is 1. The SMILES string of the molecule is CCOC(=O)c1ccc(NC(=O)CN(c2ccccc2Br)S(C)(=O)=O)cc1Cl. The summed E-state index contributed by atoms with van der Waals surface area (Å²) >= 11 is 9.36. The number of sulfonamides is 1. The van der Waals surface area contributed by atoms with E-state index in [1.807, 2.05) is 0 Å². The average Bonchev–Trinajstić information content (AvgIpc) is 2.60. The lowest BCUT2D eigenvalue weighted by molar-refractivity contribution is -0.114. The molecule has 0 bridgehead atoms. The molecule has 0 heterocycles. The molecule has 0 saturated carbocycles. The Balaban J connectivity index is 2.19. The number of ether oxygens (including phenoxy) is 1. The van der Waals surface area contributed by atoms with E-state index in [0.717, 1.165) is 10.6 Å². The van der Waals surface area contributed by atoms with Gasteiger partial charge in [-0.25, -0.2) is 13.2 Å². The van der Waals surface area contributed by atoms with E-state index in [1.165, 1.54) is 18.2 Å². The molecular formula is C18H18BrClN2O5S. The predicted octanol–water partition coefficient (Wildman–Crippen LogP) is 3.68. The van der Waals surface area contributed by atoms with Crippen molar-refractivity contribution in [3.05, 3.63) is 57.5 Å². The summed E-state index contributed by atoms with van der Waals surface area (Å²) in [4.78, 5) is 24.2. The van der Waals surface area contributed by atoms with Crippen LogP contribution in [-0.2, 0) is 19.6 Å². The maximum atomic E-state index is 12.4. The number of amides is 1. The first kappa shape index (κ1) is 22.2. The van der Waals surface area contributed by atoms with E-state index in [4.69, 9.17) is 16.3 Å². The first-order valence-electron chi connectivity index (χ1n) is 8.12. The van der Waals surface area contributed by atoms with Crippen molar-refractivity contribution in [2.45, 2.75) is 6.92 Å². The zero-order chi connectivity index (χ0) is 20.9. The third-order valence-electron chi connectivity index (χ3n) is 3.56. The number of esters is 1. The zero-order valence-electron chi connectivity index (χ0n) is 15.1. The second-order valence-corrected chi connectivity index (χ2v) is 8.85. The Morgan fingerprint density at radius 3 is 2.46 bits per heavy atom. The standard InChI is InChI=1S/C18H18BrClN2O5S/c1-3-27-18(24)13-9-8-12(10-15(13)20)21-17(23)11-22(28(2,25)26)16-7-5-4-6-14(16)19/h4-10H,3,11H2,1-2H3,(H,21,23). The first-order chi connectivity index (χ1) is 13.1. The second-order valence-electron chi connectivity index (χ2n) is 5.68. The van der Waals surface area contributed by atoms with Gasteiger partial charge in [-0.2, -0.15) is 0 Å². The summed E-state index contributed by atoms with van der Waals surface area (Å²) in [6.45, 7) is 1.46. The Kier molecular flexibility index (Phi) is 7.45. The van der Waals surface area contributed by atoms with Crippen molar-refractivity contribution in [3.63, 3.8) is 0 Å². The maximum absolute atomic E-state index is 12.4. The van der Waals surface area contributed by atoms with Crippen molar-refractivity contribution >= 4 is 60.8 Å². The van der Waals surface area contributed by atoms with Crippen LogP contribution in [0.5, 0.6) is 0 Å². The van der Waals surface area contributed by atoms with Crippen LogP contribution in [0.25, 0.3) is 0 Å². The lowest BCUT2D eigenvalue weighted by atomic mass is 10.2. The number of hydrogen-bond donors (Lipinski definition) is 1. The second kappa shape index (κ2) is 9.40. The zero-order valence-corrected chi connectivity index (χ0v) is 18.3. The molecule has 0 aromatic heterocycles. The van der Waals surface area contributed by atoms with Crippen LogP contribution in [-0.4, -0.2) is 39.7 Å². The summed E-state index contributed by atoms with van der Waals surface area (Å²) in [5, 5.41) is 2.69. The fraction of sp³-hybridized carbons (Fsp3) is 0.222. The summed E-state index contributed by atoms with van der Waals surface area (Å²) in [6, 6.07) is 11.0. The van der Waals surface area contributed by atoms with Gasteiger partial charge in [0, 0.05) is 10.2 Å². The highest BCUT2D eigenvalue weighted by Gasteiger charge is 2.23. The van der Waals surface area contributed by atoms with Gasteiger partial charge >= 0.3 is 5.97 Å². The molecule has 0 unspecified atom stereocenters. The molecule has 0 fully saturated rings. The predicted molar refractivity (Wildman–Crippen MR) is 112 cm³/mol. The third-order valence-corrected chi connectivity index (χ3v) is 5.67. The molecule has 0 aliphatic heterocycles. The molecule has 2 rings (SSSR count). The monoisotopic (exact) mass is 488 g/mol. The van der Waals surface area contributed by atoms with Crippen LogP contribution >= 0.6 is 27.5 Å². The minimum absolute atomic E-state index is 0.113. The van der Waals surface area contributed by atoms with Crippen molar-refractivity contribution < 1.29 is 22.7 Å². The molecule has 0 aliphatic rings. The van der Waals surface area contributed by atoms with Crippen LogP contribution in [0.4, 0.5) is 11.4 Å². The van der Waals surface area contributed by atoms with Crippen LogP contribution in [0.1, 0.15) is 17.3 Å². The van der Waals surface area contributed by atoms with Crippen molar-refractivity contribution in [3.8, 4) is 0 Å². The lowest BCUT2D eigenvalue weighted by Gasteiger charge is -2.23. The Morgan fingerprint density at radius 2 is 1.89 bits per heavy atom. The molecule has 0 radical (unpaired) electrons. The van der Waals surface area contributed by atoms with Gasteiger partial charge in [0.1, 0.15) is 6.54 Å². The van der Waals surface area contributed by atoms with E-state index in [9.17, 15) is 18.0 Å². The third kappa shape index (κ3) is 5.70. The Bertz CT molecular complexity index is 997. The molecule has 7 nitrogen and oxygen atoms in total. The lowest BCUT2D eigenvalue weighted by Crippen LogP contribution is -2.37. The van der Waals surface area contributed by atoms with Crippen LogP contribution < -0.4 is 9.62 Å². The van der Waals surface area contributed by atoms with Gasteiger partial charge < -0.3 is 10.1 Å². The summed E-state index contributed by atoms with van der Waals surface area (Å²) < 4.78 is 30.7. The Morgan fingerprint density at radius 1 is 1.21 bits per heavy atom. The fourth-order valence-electron chi connectivity index (χ4n) is 2.33. The number of para-hydroxylation sites is 1. The van der Waals surface area contributed by atoms with E-state index in [-0.39, 0.29) is 17.2 Å². The van der Waals surface area contributed by atoms with Gasteiger partial charge in [0.05, 0.1) is 29.1 Å². The molecule has 150 valence electrons. The smallest absolute Gasteiger partial charge is 0.339 e. The van der Waals surface area contributed by atoms with Gasteiger partial charge in [0.2, 0.25) is 15.9 Å². The van der Waals surface area contributed by atoms with Gasteiger partial charge in [-0.15, -0.1) is 0 Å². The molecule has 1 amide bonds. The van der Waals surface area contributed by atoms with E-state index >= 15 is 0 Å². The summed E-state index contributed by atoms with van der Waals surface area (Å²) in [5.41, 5.74) is 0.840. The molecule has 0 spiro atoms. The molecule has 0 atom stereocenters. The van der Waals surface area contributed by atoms with Gasteiger partial charge in [-0.1, -0.05) is 23.7 Å². The van der Waals surface area contributed by atoms with Crippen LogP contribution in [0.2, 0.25) is 5.02 Å². The number of benzene rings is 2. The summed E-state index contributed by atoms with van der Waals surface area (Å²) in [7, 11) is -3.71. The number of rotatable bonds is 7. The molecule has 2 aromatic carbocycles. The maximum Gasteiger partial charge on any atom is 0.339 e. The highest BCUT2D eigenvalue weighted by atomic mass is 79.9. The van der Waals surface area contributed by atoms with Gasteiger partial charge in [0.15, 0.2) is 0 Å². The van der Waals surface area contributed by atoms with Gasteiger partial charge in [0.25, 0.3) is 0 Å². The van der Waals surface area contributed by atoms with Crippen LogP contribution in [0, 0.1) is 0 Å². The van der Waals surface area contributed by atoms with Crippen molar-refractivity contribution in [1.29, 1.82) is 0 Å². The molecular weight excluding hydrogens is 472 g/mol. The molecule has 28 heavy (non-hydrogen) atoms. The van der Waals surface area contributed by atoms with E-state index in [2.05, 4.69) is 21.2 Å². The molecule has 10 heteroatoms. The minimum Gasteiger partial charge on any atom is -0.462 e. The highest BCUT2D eigenvalue weighted by Crippen LogP contribution is 2.28. The number of hydrogen-bond acceptors (Lipinski definition) is 5. The number of carbonyl (C=O) groups excluding carboxylic acids is 2. The Hall–Kier alpha value is -2.10. The quantitative estimate of drug-likeness (QED) is 0.599.